The highest BCUT2D eigenvalue weighted by molar-refractivity contribution is 6.04. The molecule has 4 heteroatoms. The summed E-state index contributed by atoms with van der Waals surface area (Å²) in [5.74, 6) is 1.67. The van der Waals surface area contributed by atoms with E-state index in [1.807, 2.05) is 0 Å². The second-order valence-corrected chi connectivity index (χ2v) is 4.72. The number of aliphatic carboxylic acids is 1. The van der Waals surface area contributed by atoms with E-state index in [0.29, 0.717) is 25.3 Å². The minimum atomic E-state index is -1.15. The maximum absolute atomic E-state index is 12.1. The molecule has 0 heterocycles. The maximum Gasteiger partial charge on any atom is 0.319 e. The van der Waals surface area contributed by atoms with E-state index < -0.39 is 11.4 Å². The van der Waals surface area contributed by atoms with Gasteiger partial charge in [-0.1, -0.05) is 5.92 Å². The van der Waals surface area contributed by atoms with Crippen LogP contribution in [0.15, 0.2) is 0 Å². The molecule has 2 aliphatic rings. The molecule has 0 aromatic rings. The van der Waals surface area contributed by atoms with Crippen LogP contribution in [0.2, 0.25) is 0 Å². The van der Waals surface area contributed by atoms with Crippen molar-refractivity contribution in [3.8, 4) is 12.3 Å². The third-order valence-electron chi connectivity index (χ3n) is 3.31. The molecule has 1 N–H and O–H groups in total. The summed E-state index contributed by atoms with van der Waals surface area (Å²) in [6.45, 7) is 0.850. The van der Waals surface area contributed by atoms with Gasteiger partial charge in [0.15, 0.2) is 0 Å². The van der Waals surface area contributed by atoms with Gasteiger partial charge in [-0.3, -0.25) is 9.59 Å². The first-order valence-corrected chi connectivity index (χ1v) is 5.56. The van der Waals surface area contributed by atoms with Crippen molar-refractivity contribution in [2.45, 2.75) is 25.7 Å². The van der Waals surface area contributed by atoms with E-state index in [9.17, 15) is 9.59 Å². The van der Waals surface area contributed by atoms with Crippen molar-refractivity contribution >= 4 is 11.9 Å². The molecule has 4 nitrogen and oxygen atoms in total. The highest BCUT2D eigenvalue weighted by atomic mass is 16.4. The lowest BCUT2D eigenvalue weighted by molar-refractivity contribution is -0.153. The van der Waals surface area contributed by atoms with Gasteiger partial charge < -0.3 is 10.0 Å². The average Bonchev–Trinajstić information content (AvgIpc) is 3.11. The lowest BCUT2D eigenvalue weighted by Crippen LogP contribution is -2.42. The van der Waals surface area contributed by atoms with E-state index in [0.717, 1.165) is 12.8 Å². The number of hydrogen-bond acceptors (Lipinski definition) is 2. The topological polar surface area (TPSA) is 57.6 Å². The Morgan fingerprint density at radius 1 is 1.44 bits per heavy atom. The number of nitrogens with zero attached hydrogens (tertiary/aromatic N) is 1. The number of carboxylic acids is 1. The zero-order valence-corrected chi connectivity index (χ0v) is 9.11. The molecule has 86 valence electrons. The van der Waals surface area contributed by atoms with Gasteiger partial charge in [-0.15, -0.1) is 6.42 Å². The average molecular weight is 221 g/mol. The second kappa shape index (κ2) is 3.82. The van der Waals surface area contributed by atoms with Gasteiger partial charge in [0.1, 0.15) is 5.41 Å². The predicted molar refractivity (Wildman–Crippen MR) is 57.4 cm³/mol. The van der Waals surface area contributed by atoms with E-state index >= 15 is 0 Å². The smallest absolute Gasteiger partial charge is 0.319 e. The van der Waals surface area contributed by atoms with Crippen LogP contribution in [0.25, 0.3) is 0 Å². The number of amides is 1. The molecule has 0 radical (unpaired) electrons. The number of terminal acetylenes is 1. The van der Waals surface area contributed by atoms with Crippen LogP contribution >= 0.6 is 0 Å². The van der Waals surface area contributed by atoms with Gasteiger partial charge in [0.25, 0.3) is 0 Å². The van der Waals surface area contributed by atoms with Crippen molar-refractivity contribution in [2.24, 2.45) is 11.3 Å². The molecule has 1 amide bonds. The maximum atomic E-state index is 12.1. The number of rotatable bonds is 5. The molecular weight excluding hydrogens is 206 g/mol. The van der Waals surface area contributed by atoms with Crippen LogP contribution in [-0.2, 0) is 9.59 Å². The number of carboxylic acid groups (broad SMARTS) is 1. The standard InChI is InChI=1S/C12H15NO3/c1-2-7-13(8-9-3-4-9)10(14)12(5-6-12)11(15)16/h1,9H,3-8H2,(H,15,16). The quantitative estimate of drug-likeness (QED) is 0.550. The molecule has 0 bridgehead atoms. The lowest BCUT2D eigenvalue weighted by Gasteiger charge is -2.23. The summed E-state index contributed by atoms with van der Waals surface area (Å²) < 4.78 is 0. The van der Waals surface area contributed by atoms with Gasteiger partial charge in [-0.05, 0) is 31.6 Å². The Morgan fingerprint density at radius 2 is 2.06 bits per heavy atom. The molecule has 0 aliphatic heterocycles. The van der Waals surface area contributed by atoms with Gasteiger partial charge in [0.2, 0.25) is 5.91 Å². The zero-order valence-electron chi connectivity index (χ0n) is 9.11. The minimum Gasteiger partial charge on any atom is -0.480 e. The predicted octanol–water partition coefficient (Wildman–Crippen LogP) is 0.723. The molecule has 0 atom stereocenters. The van der Waals surface area contributed by atoms with Crippen LogP contribution in [-0.4, -0.2) is 35.0 Å². The highest BCUT2D eigenvalue weighted by Crippen LogP contribution is 2.48. The van der Waals surface area contributed by atoms with Crippen LogP contribution < -0.4 is 0 Å². The molecule has 0 saturated heterocycles. The van der Waals surface area contributed by atoms with Crippen molar-refractivity contribution in [1.29, 1.82) is 0 Å². The van der Waals surface area contributed by atoms with E-state index in [-0.39, 0.29) is 12.5 Å². The minimum absolute atomic E-state index is 0.227. The Bertz CT molecular complexity index is 361. The monoisotopic (exact) mass is 221 g/mol. The summed E-state index contributed by atoms with van der Waals surface area (Å²) in [4.78, 5) is 24.6. The first-order chi connectivity index (χ1) is 7.60. The van der Waals surface area contributed by atoms with Gasteiger partial charge in [-0.25, -0.2) is 0 Å². The zero-order chi connectivity index (χ0) is 11.8. The van der Waals surface area contributed by atoms with Crippen LogP contribution in [0.5, 0.6) is 0 Å². The third-order valence-corrected chi connectivity index (χ3v) is 3.31. The van der Waals surface area contributed by atoms with Gasteiger partial charge in [0.05, 0.1) is 6.54 Å². The Labute approximate surface area is 94.6 Å². The Kier molecular flexibility index (Phi) is 2.63. The lowest BCUT2D eigenvalue weighted by atomic mass is 10.1. The largest absolute Gasteiger partial charge is 0.480 e. The SMILES string of the molecule is C#CCN(CC1CC1)C(=O)C1(C(=O)O)CC1. The molecule has 2 aliphatic carbocycles. The Morgan fingerprint density at radius 3 is 2.44 bits per heavy atom. The van der Waals surface area contributed by atoms with Crippen molar-refractivity contribution in [3.05, 3.63) is 0 Å². The first kappa shape index (κ1) is 11.0. The summed E-state index contributed by atoms with van der Waals surface area (Å²) in [7, 11) is 0. The van der Waals surface area contributed by atoms with Crippen LogP contribution in [0.1, 0.15) is 25.7 Å². The molecular formula is C12H15NO3. The first-order valence-electron chi connectivity index (χ1n) is 5.56. The molecule has 0 aromatic carbocycles. The second-order valence-electron chi connectivity index (χ2n) is 4.72. The van der Waals surface area contributed by atoms with Crippen molar-refractivity contribution < 1.29 is 14.7 Å². The Hall–Kier alpha value is -1.50. The van der Waals surface area contributed by atoms with E-state index in [1.165, 1.54) is 0 Å². The summed E-state index contributed by atoms with van der Waals surface area (Å²) in [5, 5.41) is 9.04. The summed E-state index contributed by atoms with van der Waals surface area (Å²) in [5.41, 5.74) is -1.15. The van der Waals surface area contributed by atoms with E-state index in [1.54, 1.807) is 4.90 Å². The van der Waals surface area contributed by atoms with Crippen LogP contribution in [0.3, 0.4) is 0 Å². The van der Waals surface area contributed by atoms with E-state index in [2.05, 4.69) is 5.92 Å². The molecule has 0 aromatic heterocycles. The van der Waals surface area contributed by atoms with Gasteiger partial charge >= 0.3 is 5.97 Å². The number of carbonyl (C=O) groups is 2. The third kappa shape index (κ3) is 1.90. The fraction of sp³-hybridized carbons (Fsp3) is 0.667. The Balaban J connectivity index is 2.04. The molecule has 2 fully saturated rings. The number of hydrogen-bond donors (Lipinski definition) is 1. The molecule has 2 rings (SSSR count). The number of carbonyl (C=O) groups excluding carboxylic acids is 1. The fourth-order valence-corrected chi connectivity index (χ4v) is 1.89. The van der Waals surface area contributed by atoms with E-state index in [4.69, 9.17) is 11.5 Å². The van der Waals surface area contributed by atoms with Crippen molar-refractivity contribution in [3.63, 3.8) is 0 Å². The van der Waals surface area contributed by atoms with Crippen molar-refractivity contribution in [2.75, 3.05) is 13.1 Å². The molecule has 16 heavy (non-hydrogen) atoms. The normalized spacial score (nSPS) is 20.9. The fourth-order valence-electron chi connectivity index (χ4n) is 1.89. The summed E-state index contributed by atoms with van der Waals surface area (Å²) >= 11 is 0. The van der Waals surface area contributed by atoms with Gasteiger partial charge in [-0.2, -0.15) is 0 Å². The molecule has 0 spiro atoms. The van der Waals surface area contributed by atoms with Crippen LogP contribution in [0, 0.1) is 23.7 Å². The molecule has 0 unspecified atom stereocenters. The van der Waals surface area contributed by atoms with Gasteiger partial charge in [0, 0.05) is 6.54 Å². The highest BCUT2D eigenvalue weighted by Gasteiger charge is 2.58. The molecule has 2 saturated carbocycles. The summed E-state index contributed by atoms with van der Waals surface area (Å²) in [6, 6.07) is 0. The van der Waals surface area contributed by atoms with Crippen molar-refractivity contribution in [1.82, 2.24) is 4.90 Å². The summed E-state index contributed by atoms with van der Waals surface area (Å²) in [6.07, 6.45) is 8.35. The van der Waals surface area contributed by atoms with Crippen LogP contribution in [0.4, 0.5) is 0 Å².